The van der Waals surface area contributed by atoms with Gasteiger partial charge in [-0.15, -0.1) is 24.0 Å². The van der Waals surface area contributed by atoms with E-state index in [0.29, 0.717) is 32.2 Å². The summed E-state index contributed by atoms with van der Waals surface area (Å²) in [5, 5.41) is 3.99. The highest BCUT2D eigenvalue weighted by atomic mass is 127. The van der Waals surface area contributed by atoms with Gasteiger partial charge in [0.05, 0.1) is 13.2 Å². The van der Waals surface area contributed by atoms with Crippen molar-refractivity contribution in [2.45, 2.75) is 45.1 Å². The summed E-state index contributed by atoms with van der Waals surface area (Å²) in [6, 6.07) is 8.05. The van der Waals surface area contributed by atoms with Gasteiger partial charge in [-0.2, -0.15) is 0 Å². The highest BCUT2D eigenvalue weighted by molar-refractivity contribution is 14.0. The van der Waals surface area contributed by atoms with E-state index in [4.69, 9.17) is 22.1 Å². The van der Waals surface area contributed by atoms with E-state index < -0.39 is 0 Å². The molecule has 0 saturated carbocycles. The fraction of sp³-hybridized carbons (Fsp3) is 0.579. The molecule has 1 aliphatic heterocycles. The van der Waals surface area contributed by atoms with Crippen LogP contribution in [-0.2, 0) is 10.2 Å². The number of halogens is 2. The van der Waals surface area contributed by atoms with E-state index in [0.717, 1.165) is 23.4 Å². The van der Waals surface area contributed by atoms with Crippen molar-refractivity contribution in [2.75, 3.05) is 26.2 Å². The van der Waals surface area contributed by atoms with Crippen LogP contribution < -0.4 is 11.1 Å². The summed E-state index contributed by atoms with van der Waals surface area (Å²) in [5.74, 6) is 0.440. The molecule has 0 aliphatic carbocycles. The molecule has 1 aliphatic rings. The number of ether oxygens (including phenoxy) is 1. The van der Waals surface area contributed by atoms with Crippen molar-refractivity contribution in [3.8, 4) is 0 Å². The monoisotopic (exact) mass is 508 g/mol. The number of carbonyl (C=O) groups excluding carboxylic acids is 1. The molecule has 1 amide bonds. The van der Waals surface area contributed by atoms with Crippen LogP contribution in [0, 0.1) is 0 Å². The maximum absolute atomic E-state index is 11.7. The zero-order valence-corrected chi connectivity index (χ0v) is 19.3. The number of piperidine rings is 1. The van der Waals surface area contributed by atoms with Crippen molar-refractivity contribution in [3.63, 3.8) is 0 Å². The molecule has 1 aromatic carbocycles. The Hall–Kier alpha value is -1.22. The fourth-order valence-corrected chi connectivity index (χ4v) is 3.15. The lowest BCUT2D eigenvalue weighted by molar-refractivity contribution is 0.0963. The average Bonchev–Trinajstić information content (AvgIpc) is 2.61. The topological polar surface area (TPSA) is 80.0 Å². The third kappa shape index (κ3) is 7.37. The number of guanidine groups is 1. The maximum atomic E-state index is 11.7. The Labute approximate surface area is 183 Å². The number of carbonyl (C=O) groups is 1. The molecule has 1 fully saturated rings. The van der Waals surface area contributed by atoms with Crippen molar-refractivity contribution < 1.29 is 9.53 Å². The summed E-state index contributed by atoms with van der Waals surface area (Å²) in [6.07, 6.45) is 1.41. The first-order valence-corrected chi connectivity index (χ1v) is 9.44. The first kappa shape index (κ1) is 23.8. The zero-order valence-electron chi connectivity index (χ0n) is 16.2. The van der Waals surface area contributed by atoms with E-state index in [9.17, 15) is 4.79 Å². The minimum Gasteiger partial charge on any atom is -0.450 e. The van der Waals surface area contributed by atoms with Crippen molar-refractivity contribution in [3.05, 3.63) is 34.9 Å². The van der Waals surface area contributed by atoms with Gasteiger partial charge in [-0.05, 0) is 37.5 Å². The SMILES string of the molecule is CCOC(=O)N1CCC(NC(N)=NCC(C)(C)c2cccc(Cl)c2)CC1.I. The summed E-state index contributed by atoms with van der Waals surface area (Å²) < 4.78 is 5.03. The summed E-state index contributed by atoms with van der Waals surface area (Å²) in [7, 11) is 0. The Morgan fingerprint density at radius 2 is 2.07 bits per heavy atom. The third-order valence-corrected chi connectivity index (χ3v) is 4.86. The second-order valence-electron chi connectivity index (χ2n) is 7.20. The Morgan fingerprint density at radius 1 is 1.41 bits per heavy atom. The minimum absolute atomic E-state index is 0. The number of nitrogens with two attached hydrogens (primary N) is 1. The number of benzene rings is 1. The molecule has 0 aromatic heterocycles. The molecule has 1 heterocycles. The Kier molecular flexibility index (Phi) is 9.66. The highest BCUT2D eigenvalue weighted by Gasteiger charge is 2.24. The van der Waals surface area contributed by atoms with Gasteiger partial charge in [-0.1, -0.05) is 37.6 Å². The van der Waals surface area contributed by atoms with E-state index in [1.165, 1.54) is 0 Å². The number of nitrogens with zero attached hydrogens (tertiary/aromatic N) is 2. The second-order valence-corrected chi connectivity index (χ2v) is 7.64. The number of hydrogen-bond acceptors (Lipinski definition) is 3. The van der Waals surface area contributed by atoms with Crippen LogP contribution in [0.25, 0.3) is 0 Å². The molecule has 1 saturated heterocycles. The lowest BCUT2D eigenvalue weighted by atomic mass is 9.85. The van der Waals surface area contributed by atoms with Gasteiger partial charge in [0.1, 0.15) is 0 Å². The smallest absolute Gasteiger partial charge is 0.409 e. The molecule has 152 valence electrons. The minimum atomic E-state index is -0.240. The fourth-order valence-electron chi connectivity index (χ4n) is 2.96. The molecular formula is C19H30ClIN4O2. The molecule has 0 spiro atoms. The normalized spacial score (nSPS) is 15.9. The van der Waals surface area contributed by atoms with Crippen LogP contribution in [0.2, 0.25) is 5.02 Å². The van der Waals surface area contributed by atoms with E-state index in [1.807, 2.05) is 25.1 Å². The number of amides is 1. The van der Waals surface area contributed by atoms with Gasteiger partial charge in [0, 0.05) is 29.6 Å². The Balaban J connectivity index is 0.00000364. The van der Waals surface area contributed by atoms with Crippen LogP contribution in [0.5, 0.6) is 0 Å². The number of rotatable bonds is 5. The molecule has 27 heavy (non-hydrogen) atoms. The molecule has 3 N–H and O–H groups in total. The standard InChI is InChI=1S/C19H29ClN4O2.HI/c1-4-26-18(25)24-10-8-16(9-11-24)23-17(21)22-13-19(2,3)14-6-5-7-15(20)12-14;/h5-7,12,16H,4,8-11,13H2,1-3H3,(H3,21,22,23);1H. The van der Waals surface area contributed by atoms with Crippen molar-refractivity contribution >= 4 is 47.6 Å². The molecule has 0 radical (unpaired) electrons. The molecule has 2 rings (SSSR count). The van der Waals surface area contributed by atoms with Crippen molar-refractivity contribution in [1.82, 2.24) is 10.2 Å². The third-order valence-electron chi connectivity index (χ3n) is 4.62. The van der Waals surface area contributed by atoms with Crippen LogP contribution >= 0.6 is 35.6 Å². The van der Waals surface area contributed by atoms with Crippen LogP contribution in [0.15, 0.2) is 29.3 Å². The first-order chi connectivity index (χ1) is 12.3. The number of likely N-dealkylation sites (tertiary alicyclic amines) is 1. The van der Waals surface area contributed by atoms with E-state index in [2.05, 4.69) is 30.2 Å². The quantitative estimate of drug-likeness (QED) is 0.361. The summed E-state index contributed by atoms with van der Waals surface area (Å²) in [4.78, 5) is 18.0. The van der Waals surface area contributed by atoms with Gasteiger partial charge in [0.25, 0.3) is 0 Å². The van der Waals surface area contributed by atoms with Crippen LogP contribution in [0.1, 0.15) is 39.2 Å². The van der Waals surface area contributed by atoms with Crippen LogP contribution in [0.4, 0.5) is 4.79 Å². The van der Waals surface area contributed by atoms with Gasteiger partial charge in [0.15, 0.2) is 5.96 Å². The number of aliphatic imine (C=N–C) groups is 1. The molecule has 6 nitrogen and oxygen atoms in total. The van der Waals surface area contributed by atoms with Gasteiger partial charge in [0.2, 0.25) is 0 Å². The number of nitrogens with one attached hydrogen (secondary N) is 1. The molecule has 0 unspecified atom stereocenters. The van der Waals surface area contributed by atoms with E-state index >= 15 is 0 Å². The van der Waals surface area contributed by atoms with Crippen molar-refractivity contribution in [2.24, 2.45) is 10.7 Å². The van der Waals surface area contributed by atoms with E-state index in [-0.39, 0.29) is 41.5 Å². The first-order valence-electron chi connectivity index (χ1n) is 9.06. The van der Waals surface area contributed by atoms with Gasteiger partial charge in [-0.25, -0.2) is 4.79 Å². The average molecular weight is 509 g/mol. The van der Waals surface area contributed by atoms with Crippen LogP contribution in [0.3, 0.4) is 0 Å². The summed E-state index contributed by atoms with van der Waals surface area (Å²) in [6.45, 7) is 8.34. The molecule has 0 bridgehead atoms. The molecule has 0 atom stereocenters. The molecule has 8 heteroatoms. The molecule has 1 aromatic rings. The van der Waals surface area contributed by atoms with Crippen LogP contribution in [-0.4, -0.2) is 49.2 Å². The Bertz CT molecular complexity index is 646. The van der Waals surface area contributed by atoms with Gasteiger partial charge < -0.3 is 20.7 Å². The van der Waals surface area contributed by atoms with Gasteiger partial charge in [-0.3, -0.25) is 4.99 Å². The van der Waals surface area contributed by atoms with Crippen molar-refractivity contribution in [1.29, 1.82) is 0 Å². The van der Waals surface area contributed by atoms with Gasteiger partial charge >= 0.3 is 6.09 Å². The summed E-state index contributed by atoms with van der Waals surface area (Å²) in [5.41, 5.74) is 7.04. The van der Waals surface area contributed by atoms with E-state index in [1.54, 1.807) is 4.90 Å². The predicted molar refractivity (Wildman–Crippen MR) is 121 cm³/mol. The lowest BCUT2D eigenvalue weighted by Crippen LogP contribution is -2.48. The maximum Gasteiger partial charge on any atom is 0.409 e. The largest absolute Gasteiger partial charge is 0.450 e. The number of hydrogen-bond donors (Lipinski definition) is 2. The summed E-state index contributed by atoms with van der Waals surface area (Å²) >= 11 is 6.09. The highest BCUT2D eigenvalue weighted by Crippen LogP contribution is 2.25. The lowest BCUT2D eigenvalue weighted by Gasteiger charge is -2.32. The Morgan fingerprint density at radius 3 is 2.67 bits per heavy atom. The second kappa shape index (κ2) is 10.9. The molecular weight excluding hydrogens is 479 g/mol. The zero-order chi connectivity index (χ0) is 19.2. The predicted octanol–water partition coefficient (Wildman–Crippen LogP) is 3.76.